The molecule has 94 valence electrons. The number of carboxylic acids is 1. The van der Waals surface area contributed by atoms with Gasteiger partial charge in [0.05, 0.1) is 5.25 Å². The first-order valence-corrected chi connectivity index (χ1v) is 5.88. The zero-order chi connectivity index (χ0) is 12.8. The Labute approximate surface area is 89.7 Å². The van der Waals surface area contributed by atoms with Crippen molar-refractivity contribution in [3.8, 4) is 0 Å². The fourth-order valence-electron chi connectivity index (χ4n) is 0.969. The van der Waals surface area contributed by atoms with Crippen molar-refractivity contribution in [3.63, 3.8) is 0 Å². The summed E-state index contributed by atoms with van der Waals surface area (Å²) in [5, 5.41) is 7.58. The minimum absolute atomic E-state index is 0.253. The third kappa shape index (κ3) is 2.29. The highest BCUT2D eigenvalue weighted by atomic mass is 32.2. The van der Waals surface area contributed by atoms with Gasteiger partial charge in [0.25, 0.3) is 0 Å². The molecule has 1 unspecified atom stereocenters. The lowest BCUT2D eigenvalue weighted by atomic mass is 10.0. The Balaban J connectivity index is 3.01. The number of nitrogens with one attached hydrogen (secondary N) is 1. The normalized spacial score (nSPS) is 21.5. The third-order valence-electron chi connectivity index (χ3n) is 2.30. The van der Waals surface area contributed by atoms with Crippen LogP contribution in [0.4, 0.5) is 13.2 Å². The van der Waals surface area contributed by atoms with E-state index >= 15 is 0 Å². The lowest BCUT2D eigenvalue weighted by Crippen LogP contribution is -2.62. The first-order valence-electron chi connectivity index (χ1n) is 4.33. The molecule has 0 aromatic carbocycles. The summed E-state index contributed by atoms with van der Waals surface area (Å²) in [4.78, 5) is 10.5. The van der Waals surface area contributed by atoms with Crippen LogP contribution < -0.4 is 4.72 Å². The molecule has 1 rings (SSSR count). The molecule has 1 aliphatic rings. The van der Waals surface area contributed by atoms with Gasteiger partial charge in [-0.2, -0.15) is 17.9 Å². The fourth-order valence-corrected chi connectivity index (χ4v) is 2.66. The summed E-state index contributed by atoms with van der Waals surface area (Å²) in [7, 11) is -4.22. The molecule has 0 saturated heterocycles. The molecule has 16 heavy (non-hydrogen) atoms. The number of sulfonamides is 1. The SMILES string of the molecule is CC(NS(=O)(=O)C1CC1)(C(=O)O)C(F)(F)F. The number of rotatable bonds is 4. The summed E-state index contributed by atoms with van der Waals surface area (Å²) >= 11 is 0. The van der Waals surface area contributed by atoms with Crippen molar-refractivity contribution in [2.24, 2.45) is 0 Å². The van der Waals surface area contributed by atoms with E-state index in [9.17, 15) is 26.4 Å². The lowest BCUT2D eigenvalue weighted by Gasteiger charge is -2.28. The Hall–Kier alpha value is -0.830. The summed E-state index contributed by atoms with van der Waals surface area (Å²) in [5.41, 5.74) is -3.48. The van der Waals surface area contributed by atoms with Crippen molar-refractivity contribution in [2.75, 3.05) is 0 Å². The molecule has 1 fully saturated rings. The van der Waals surface area contributed by atoms with Crippen molar-refractivity contribution in [1.29, 1.82) is 0 Å². The molecule has 2 N–H and O–H groups in total. The molecule has 1 saturated carbocycles. The second kappa shape index (κ2) is 3.59. The zero-order valence-electron chi connectivity index (χ0n) is 8.21. The molecule has 0 spiro atoms. The first-order chi connectivity index (χ1) is 7.01. The van der Waals surface area contributed by atoms with E-state index in [1.165, 1.54) is 4.72 Å². The number of carbonyl (C=O) groups is 1. The Bertz CT molecular complexity index is 400. The van der Waals surface area contributed by atoms with Crippen molar-refractivity contribution in [3.05, 3.63) is 0 Å². The molecule has 0 aromatic heterocycles. The van der Waals surface area contributed by atoms with Crippen LogP contribution in [0.2, 0.25) is 0 Å². The summed E-state index contributed by atoms with van der Waals surface area (Å²) in [6.07, 6.45) is -4.69. The van der Waals surface area contributed by atoms with Gasteiger partial charge in [0.2, 0.25) is 15.6 Å². The van der Waals surface area contributed by atoms with Gasteiger partial charge in [0.1, 0.15) is 0 Å². The van der Waals surface area contributed by atoms with Gasteiger partial charge >= 0.3 is 12.1 Å². The highest BCUT2D eigenvalue weighted by Gasteiger charge is 2.60. The van der Waals surface area contributed by atoms with Gasteiger partial charge in [-0.1, -0.05) is 0 Å². The predicted octanol–water partition coefficient (Wildman–Crippen LogP) is 0.474. The van der Waals surface area contributed by atoms with E-state index in [0.717, 1.165) is 0 Å². The number of aliphatic carboxylic acids is 1. The van der Waals surface area contributed by atoms with Gasteiger partial charge in [-0.25, -0.2) is 13.2 Å². The van der Waals surface area contributed by atoms with E-state index in [4.69, 9.17) is 5.11 Å². The van der Waals surface area contributed by atoms with Crippen LogP contribution in [-0.2, 0) is 14.8 Å². The van der Waals surface area contributed by atoms with E-state index in [1.807, 2.05) is 0 Å². The Morgan fingerprint density at radius 1 is 1.38 bits per heavy atom. The quantitative estimate of drug-likeness (QED) is 0.770. The van der Waals surface area contributed by atoms with Crippen LogP contribution in [-0.4, -0.2) is 36.5 Å². The highest BCUT2D eigenvalue weighted by molar-refractivity contribution is 7.90. The molecule has 0 radical (unpaired) electrons. The predicted molar refractivity (Wildman–Crippen MR) is 47.2 cm³/mol. The van der Waals surface area contributed by atoms with Gasteiger partial charge < -0.3 is 5.11 Å². The van der Waals surface area contributed by atoms with Crippen molar-refractivity contribution in [1.82, 2.24) is 4.72 Å². The van der Waals surface area contributed by atoms with E-state index in [1.54, 1.807) is 0 Å². The van der Waals surface area contributed by atoms with Gasteiger partial charge in [-0.15, -0.1) is 0 Å². The minimum Gasteiger partial charge on any atom is -0.480 e. The first kappa shape index (κ1) is 13.2. The maximum absolute atomic E-state index is 12.5. The second-order valence-electron chi connectivity index (χ2n) is 3.77. The Kier molecular flexibility index (Phi) is 2.97. The van der Waals surface area contributed by atoms with E-state index in [-0.39, 0.29) is 19.8 Å². The number of hydrogen-bond donors (Lipinski definition) is 2. The van der Waals surface area contributed by atoms with E-state index in [2.05, 4.69) is 0 Å². The molecule has 5 nitrogen and oxygen atoms in total. The lowest BCUT2D eigenvalue weighted by molar-refractivity contribution is -0.201. The van der Waals surface area contributed by atoms with Crippen LogP contribution in [0.1, 0.15) is 19.8 Å². The maximum atomic E-state index is 12.5. The number of carboxylic acid groups (broad SMARTS) is 1. The molecule has 1 atom stereocenters. The largest absolute Gasteiger partial charge is 0.480 e. The molecule has 0 aliphatic heterocycles. The monoisotopic (exact) mass is 261 g/mol. The topological polar surface area (TPSA) is 83.5 Å². The van der Waals surface area contributed by atoms with Gasteiger partial charge in [0, 0.05) is 0 Å². The van der Waals surface area contributed by atoms with E-state index in [0.29, 0.717) is 0 Å². The van der Waals surface area contributed by atoms with Crippen LogP contribution in [0.5, 0.6) is 0 Å². The Morgan fingerprint density at radius 3 is 2.06 bits per heavy atom. The number of halogens is 3. The maximum Gasteiger partial charge on any atom is 0.418 e. The van der Waals surface area contributed by atoms with Gasteiger partial charge in [-0.3, -0.25) is 0 Å². The van der Waals surface area contributed by atoms with Crippen molar-refractivity contribution in [2.45, 2.75) is 36.7 Å². The van der Waals surface area contributed by atoms with Crippen molar-refractivity contribution >= 4 is 16.0 Å². The van der Waals surface area contributed by atoms with Crippen molar-refractivity contribution < 1.29 is 31.5 Å². The molecular weight excluding hydrogens is 251 g/mol. The van der Waals surface area contributed by atoms with Crippen LogP contribution in [0.3, 0.4) is 0 Å². The van der Waals surface area contributed by atoms with Crippen LogP contribution in [0.15, 0.2) is 0 Å². The molecule has 1 aliphatic carbocycles. The molecule has 0 amide bonds. The number of hydrogen-bond acceptors (Lipinski definition) is 3. The summed E-state index contributed by atoms with van der Waals surface area (Å²) in [5.74, 6) is -2.27. The van der Waals surface area contributed by atoms with Gasteiger partial charge in [0.15, 0.2) is 0 Å². The smallest absolute Gasteiger partial charge is 0.418 e. The average molecular weight is 261 g/mol. The zero-order valence-corrected chi connectivity index (χ0v) is 9.02. The molecule has 9 heteroatoms. The molecule has 0 heterocycles. The fraction of sp³-hybridized carbons (Fsp3) is 0.857. The van der Waals surface area contributed by atoms with Gasteiger partial charge in [-0.05, 0) is 19.8 Å². The summed E-state index contributed by atoms with van der Waals surface area (Å²) in [6.45, 7) is 0.287. The Morgan fingerprint density at radius 2 is 1.81 bits per heavy atom. The van der Waals surface area contributed by atoms with E-state index < -0.39 is 33.0 Å². The average Bonchev–Trinajstić information content (AvgIpc) is 2.81. The van der Waals surface area contributed by atoms with Crippen LogP contribution in [0.25, 0.3) is 0 Å². The molecule has 0 bridgehead atoms. The molecule has 0 aromatic rings. The highest BCUT2D eigenvalue weighted by Crippen LogP contribution is 2.34. The summed E-state index contributed by atoms with van der Waals surface area (Å²) < 4.78 is 61.2. The minimum atomic E-state index is -5.19. The molecular formula is C7H10F3NO4S. The third-order valence-corrected chi connectivity index (χ3v) is 4.35. The number of alkyl halides is 3. The van der Waals surface area contributed by atoms with Crippen LogP contribution in [0, 0.1) is 0 Å². The second-order valence-corrected chi connectivity index (χ2v) is 5.74. The van der Waals surface area contributed by atoms with Crippen LogP contribution >= 0.6 is 0 Å². The summed E-state index contributed by atoms with van der Waals surface area (Å²) in [6, 6.07) is 0. The standard InChI is InChI=1S/C7H10F3NO4S/c1-6(5(12)13,7(8,9)10)11-16(14,15)4-2-3-4/h4,11H,2-3H2,1H3,(H,12,13).